The molecule has 0 fully saturated rings. The summed E-state index contributed by atoms with van der Waals surface area (Å²) in [6.45, 7) is 4.67. The molecule has 1 amide bonds. The van der Waals surface area contributed by atoms with E-state index in [9.17, 15) is 18.0 Å². The minimum atomic E-state index is -2.71. The zero-order chi connectivity index (χ0) is 18.0. The second-order valence-electron chi connectivity index (χ2n) is 5.28. The van der Waals surface area contributed by atoms with Crippen LogP contribution >= 0.6 is 0 Å². The maximum absolute atomic E-state index is 13.7. The average Bonchev–Trinajstić information content (AvgIpc) is 3.01. The molecule has 10 heteroatoms. The molecule has 2 aromatic rings. The summed E-state index contributed by atoms with van der Waals surface area (Å²) in [5.41, 5.74) is 2.84. The molecule has 0 aliphatic rings. The third kappa shape index (κ3) is 3.47. The van der Waals surface area contributed by atoms with E-state index in [2.05, 4.69) is 20.7 Å². The van der Waals surface area contributed by atoms with E-state index < -0.39 is 30.0 Å². The van der Waals surface area contributed by atoms with Gasteiger partial charge in [-0.05, 0) is 26.8 Å². The van der Waals surface area contributed by atoms with Crippen LogP contribution in [-0.4, -0.2) is 31.7 Å². The molecule has 0 aromatic carbocycles. The van der Waals surface area contributed by atoms with Crippen molar-refractivity contribution in [3.63, 3.8) is 0 Å². The number of carbonyl (C=O) groups excluding carboxylic acids is 1. The highest BCUT2D eigenvalue weighted by molar-refractivity contribution is 5.84. The summed E-state index contributed by atoms with van der Waals surface area (Å²) in [4.78, 5) is 12.1. The van der Waals surface area contributed by atoms with E-state index in [1.54, 1.807) is 13.8 Å². The highest BCUT2D eigenvalue weighted by atomic mass is 19.3. The van der Waals surface area contributed by atoms with Crippen LogP contribution in [0.5, 0.6) is 0 Å². The molecule has 0 aliphatic carbocycles. The summed E-state index contributed by atoms with van der Waals surface area (Å²) >= 11 is 0. The third-order valence-electron chi connectivity index (χ3n) is 3.48. The summed E-state index contributed by atoms with van der Waals surface area (Å²) < 4.78 is 41.3. The Morgan fingerprint density at radius 3 is 2.54 bits per heavy atom. The molecular weight excluding hydrogens is 325 g/mol. The molecule has 7 nitrogen and oxygen atoms in total. The topological polar surface area (TPSA) is 77.1 Å². The first-order valence-corrected chi connectivity index (χ1v) is 7.08. The van der Waals surface area contributed by atoms with Crippen LogP contribution in [0.1, 0.15) is 42.0 Å². The Kier molecular flexibility index (Phi) is 5.05. The van der Waals surface area contributed by atoms with Gasteiger partial charge in [0.1, 0.15) is 11.7 Å². The standard InChI is InChI=1S/C14H17F3N6O/c1-7-5-11(12(15)16)21-23(7)9(3)14(24)19-18-6-10-8(2)20-22(4)13(10)17/h5-6,9,12H,1-4H3,(H,19,24)/b18-6-/t9-/m0/s1. The van der Waals surface area contributed by atoms with Crippen molar-refractivity contribution in [2.24, 2.45) is 12.1 Å². The molecule has 0 bridgehead atoms. The number of aryl methyl sites for hydroxylation is 3. The quantitative estimate of drug-likeness (QED) is 0.667. The van der Waals surface area contributed by atoms with Crippen molar-refractivity contribution in [2.45, 2.75) is 33.2 Å². The summed E-state index contributed by atoms with van der Waals surface area (Å²) in [5, 5.41) is 11.3. The molecule has 1 N–H and O–H groups in total. The number of hydrogen-bond donors (Lipinski definition) is 1. The van der Waals surface area contributed by atoms with Crippen molar-refractivity contribution in [1.29, 1.82) is 0 Å². The number of hydrazone groups is 1. The molecule has 2 heterocycles. The van der Waals surface area contributed by atoms with E-state index in [-0.39, 0.29) is 5.56 Å². The lowest BCUT2D eigenvalue weighted by molar-refractivity contribution is -0.124. The first kappa shape index (κ1) is 17.7. The normalized spacial score (nSPS) is 13.0. The molecular formula is C14H17F3N6O. The Morgan fingerprint density at radius 2 is 2.04 bits per heavy atom. The molecule has 0 unspecified atom stereocenters. The number of hydrogen-bond acceptors (Lipinski definition) is 4. The zero-order valence-electron chi connectivity index (χ0n) is 13.6. The molecule has 24 heavy (non-hydrogen) atoms. The van der Waals surface area contributed by atoms with Gasteiger partial charge in [0.15, 0.2) is 0 Å². The largest absolute Gasteiger partial charge is 0.282 e. The first-order valence-electron chi connectivity index (χ1n) is 7.08. The molecule has 2 aromatic heterocycles. The molecule has 130 valence electrons. The summed E-state index contributed by atoms with van der Waals surface area (Å²) in [7, 11) is 1.45. The fraction of sp³-hybridized carbons (Fsp3) is 0.429. The van der Waals surface area contributed by atoms with Crippen LogP contribution in [-0.2, 0) is 11.8 Å². The number of amides is 1. The Hall–Kier alpha value is -2.65. The van der Waals surface area contributed by atoms with E-state index >= 15 is 0 Å². The van der Waals surface area contributed by atoms with E-state index in [0.717, 1.165) is 10.9 Å². The summed E-state index contributed by atoms with van der Waals surface area (Å²) in [6.07, 6.45) is -1.57. The highest BCUT2D eigenvalue weighted by Crippen LogP contribution is 2.20. The molecule has 0 saturated heterocycles. The van der Waals surface area contributed by atoms with Crippen molar-refractivity contribution < 1.29 is 18.0 Å². The minimum absolute atomic E-state index is 0.153. The molecule has 2 rings (SSSR count). The number of aromatic nitrogens is 4. The van der Waals surface area contributed by atoms with Gasteiger partial charge in [-0.1, -0.05) is 0 Å². The van der Waals surface area contributed by atoms with Crippen LogP contribution in [0.2, 0.25) is 0 Å². The zero-order valence-corrected chi connectivity index (χ0v) is 13.6. The van der Waals surface area contributed by atoms with Gasteiger partial charge in [-0.25, -0.2) is 18.9 Å². The summed E-state index contributed by atoms with van der Waals surface area (Å²) in [5.74, 6) is -1.15. The maximum atomic E-state index is 13.7. The van der Waals surface area contributed by atoms with Gasteiger partial charge in [0, 0.05) is 12.7 Å². The van der Waals surface area contributed by atoms with Gasteiger partial charge in [-0.15, -0.1) is 0 Å². The molecule has 0 saturated carbocycles. The third-order valence-corrected chi connectivity index (χ3v) is 3.48. The SMILES string of the molecule is Cc1nn(C)c(F)c1/C=N\NC(=O)[C@H](C)n1nc(C(F)F)cc1C. The van der Waals surface area contributed by atoms with Crippen LogP contribution in [0, 0.1) is 19.8 Å². The second kappa shape index (κ2) is 6.85. The number of halogens is 3. The van der Waals surface area contributed by atoms with E-state index in [1.807, 2.05) is 0 Å². The first-order chi connectivity index (χ1) is 11.2. The van der Waals surface area contributed by atoms with E-state index in [4.69, 9.17) is 0 Å². The van der Waals surface area contributed by atoms with E-state index in [0.29, 0.717) is 11.4 Å². The van der Waals surface area contributed by atoms with Gasteiger partial charge in [0.05, 0.1) is 17.5 Å². The lowest BCUT2D eigenvalue weighted by Gasteiger charge is -2.12. The predicted octanol–water partition coefficient (Wildman–Crippen LogP) is 2.02. The molecule has 0 aliphatic heterocycles. The Balaban J connectivity index is 2.08. The number of rotatable bonds is 5. The van der Waals surface area contributed by atoms with Crippen LogP contribution in [0.3, 0.4) is 0 Å². The number of alkyl halides is 2. The van der Waals surface area contributed by atoms with Gasteiger partial charge < -0.3 is 0 Å². The minimum Gasteiger partial charge on any atom is -0.271 e. The smallest absolute Gasteiger partial charge is 0.271 e. The lowest BCUT2D eigenvalue weighted by Crippen LogP contribution is -2.28. The van der Waals surface area contributed by atoms with Gasteiger partial charge >= 0.3 is 0 Å². The van der Waals surface area contributed by atoms with Gasteiger partial charge in [0.25, 0.3) is 12.3 Å². The fourth-order valence-electron chi connectivity index (χ4n) is 2.17. The van der Waals surface area contributed by atoms with Crippen molar-refractivity contribution in [1.82, 2.24) is 25.0 Å². The van der Waals surface area contributed by atoms with E-state index in [1.165, 1.54) is 24.7 Å². The van der Waals surface area contributed by atoms with Gasteiger partial charge in [0.2, 0.25) is 5.95 Å². The maximum Gasteiger partial charge on any atom is 0.282 e. The van der Waals surface area contributed by atoms with Crippen LogP contribution in [0.15, 0.2) is 11.2 Å². The van der Waals surface area contributed by atoms with Crippen molar-refractivity contribution in [2.75, 3.05) is 0 Å². The van der Waals surface area contributed by atoms with Crippen molar-refractivity contribution in [3.8, 4) is 0 Å². The predicted molar refractivity (Wildman–Crippen MR) is 80.3 cm³/mol. The highest BCUT2D eigenvalue weighted by Gasteiger charge is 2.21. The van der Waals surface area contributed by atoms with Gasteiger partial charge in [-0.2, -0.15) is 19.7 Å². The number of nitrogens with zero attached hydrogens (tertiary/aromatic N) is 5. The van der Waals surface area contributed by atoms with Crippen molar-refractivity contribution in [3.05, 3.63) is 34.7 Å². The Morgan fingerprint density at radius 1 is 1.38 bits per heavy atom. The molecule has 0 radical (unpaired) electrons. The molecule has 1 atom stereocenters. The lowest BCUT2D eigenvalue weighted by atomic mass is 10.3. The average molecular weight is 342 g/mol. The van der Waals surface area contributed by atoms with Crippen LogP contribution in [0.4, 0.5) is 13.2 Å². The Labute approximate surface area is 136 Å². The molecule has 0 spiro atoms. The van der Waals surface area contributed by atoms with Crippen LogP contribution < -0.4 is 5.43 Å². The monoisotopic (exact) mass is 342 g/mol. The summed E-state index contributed by atoms with van der Waals surface area (Å²) in [6, 6.07) is 0.362. The van der Waals surface area contributed by atoms with Gasteiger partial charge in [-0.3, -0.25) is 9.48 Å². The number of nitrogens with one attached hydrogen (secondary N) is 1. The van der Waals surface area contributed by atoms with Crippen molar-refractivity contribution >= 4 is 12.1 Å². The Bertz CT molecular complexity index is 780. The van der Waals surface area contributed by atoms with Crippen LogP contribution in [0.25, 0.3) is 0 Å². The second-order valence-corrected chi connectivity index (χ2v) is 5.28. The fourth-order valence-corrected chi connectivity index (χ4v) is 2.17. The number of carbonyl (C=O) groups is 1.